The molecule has 118 valence electrons. The third-order valence-electron chi connectivity index (χ3n) is 2.87. The van der Waals surface area contributed by atoms with Crippen LogP contribution < -0.4 is 11.4 Å². The van der Waals surface area contributed by atoms with E-state index >= 15 is 0 Å². The van der Waals surface area contributed by atoms with Crippen LogP contribution in [0.25, 0.3) is 0 Å². The zero-order chi connectivity index (χ0) is 15.8. The quantitative estimate of drug-likeness (QED) is 0.295. The van der Waals surface area contributed by atoms with Gasteiger partial charge in [-0.05, 0) is 6.07 Å². The minimum Gasteiger partial charge on any atom is -0.387 e. The summed E-state index contributed by atoms with van der Waals surface area (Å²) >= 11 is 0. The molecule has 1 aromatic heterocycles. The van der Waals surface area contributed by atoms with Gasteiger partial charge in [-0.3, -0.25) is 9.09 Å². The zero-order valence-electron chi connectivity index (χ0n) is 10.5. The van der Waals surface area contributed by atoms with Crippen LogP contribution in [0.1, 0.15) is 6.23 Å². The van der Waals surface area contributed by atoms with Crippen molar-refractivity contribution in [1.82, 2.24) is 9.55 Å². The molecule has 1 aliphatic heterocycles. The molecule has 21 heavy (non-hydrogen) atoms. The highest BCUT2D eigenvalue weighted by molar-refractivity contribution is 7.46. The number of nitrogens with two attached hydrogens (primary N) is 1. The molecule has 0 saturated carbocycles. The number of nitrogens with zero attached hydrogens (tertiary/aromatic N) is 2. The average Bonchev–Trinajstić information content (AvgIpc) is 2.64. The number of aliphatic hydroxyl groups excluding tert-OH is 2. The lowest BCUT2D eigenvalue weighted by atomic mass is 10.1. The Balaban J connectivity index is 2.16. The second-order valence-electron chi connectivity index (χ2n) is 4.37. The Hall–Kier alpha value is -1.33. The highest BCUT2D eigenvalue weighted by Gasteiger charge is 2.44. The van der Waals surface area contributed by atoms with Gasteiger partial charge in [0.2, 0.25) is 0 Å². The van der Waals surface area contributed by atoms with Crippen molar-refractivity contribution in [3.63, 3.8) is 0 Å². The van der Waals surface area contributed by atoms with Crippen molar-refractivity contribution in [2.45, 2.75) is 24.5 Å². The van der Waals surface area contributed by atoms with Crippen LogP contribution in [-0.4, -0.2) is 54.5 Å². The first-order valence-electron chi connectivity index (χ1n) is 5.75. The number of hydrogen-bond donors (Lipinski definition) is 5. The van der Waals surface area contributed by atoms with Gasteiger partial charge in [0, 0.05) is 6.20 Å². The SMILES string of the molecule is [15NH2]c1ccn([C@@H]2O[C@H](COP(=O)(O)O)[C@@H](O)[C@H]2O)c(=O)n1. The normalized spacial score (nSPS) is 29.7. The highest BCUT2D eigenvalue weighted by atomic mass is 31.2. The molecule has 1 aromatic rings. The van der Waals surface area contributed by atoms with Crippen LogP contribution in [0.4, 0.5) is 5.82 Å². The number of anilines is 1. The summed E-state index contributed by atoms with van der Waals surface area (Å²) in [4.78, 5) is 32.3. The molecule has 4 atom stereocenters. The summed E-state index contributed by atoms with van der Waals surface area (Å²) in [5.74, 6) is -0.0225. The molecule has 0 aliphatic carbocycles. The van der Waals surface area contributed by atoms with Crippen LogP contribution in [0, 0.1) is 0 Å². The smallest absolute Gasteiger partial charge is 0.387 e. The number of nitrogen functional groups attached to an aromatic ring is 1. The Morgan fingerprint density at radius 1 is 1.43 bits per heavy atom. The molecule has 11 nitrogen and oxygen atoms in total. The van der Waals surface area contributed by atoms with E-state index in [9.17, 15) is 19.6 Å². The van der Waals surface area contributed by atoms with Crippen LogP contribution in [0.2, 0.25) is 0 Å². The summed E-state index contributed by atoms with van der Waals surface area (Å²) in [6.45, 7) is -0.657. The second kappa shape index (κ2) is 5.81. The molecular weight excluding hydrogens is 310 g/mol. The van der Waals surface area contributed by atoms with Gasteiger partial charge in [0.15, 0.2) is 6.23 Å². The Labute approximate surface area is 117 Å². The molecule has 0 amide bonds. The molecule has 6 N–H and O–H groups in total. The van der Waals surface area contributed by atoms with Crippen molar-refractivity contribution in [3.8, 4) is 0 Å². The first-order valence-corrected chi connectivity index (χ1v) is 7.28. The van der Waals surface area contributed by atoms with E-state index in [0.29, 0.717) is 0 Å². The van der Waals surface area contributed by atoms with Gasteiger partial charge >= 0.3 is 13.5 Å². The molecular formula is C9H14N3O8P. The van der Waals surface area contributed by atoms with Gasteiger partial charge in [0.05, 0.1) is 6.61 Å². The molecule has 0 aromatic carbocycles. The van der Waals surface area contributed by atoms with Gasteiger partial charge in [-0.1, -0.05) is 0 Å². The van der Waals surface area contributed by atoms with Crippen LogP contribution >= 0.6 is 7.82 Å². The van der Waals surface area contributed by atoms with E-state index in [1.807, 2.05) is 0 Å². The lowest BCUT2D eigenvalue weighted by Gasteiger charge is -2.16. The zero-order valence-corrected chi connectivity index (χ0v) is 11.4. The minimum absolute atomic E-state index is 0.0225. The first kappa shape index (κ1) is 16.0. The Bertz CT molecular complexity index is 615. The summed E-state index contributed by atoms with van der Waals surface area (Å²) < 4.78 is 20.9. The van der Waals surface area contributed by atoms with Crippen molar-refractivity contribution >= 4 is 13.6 Å². The Morgan fingerprint density at radius 3 is 2.67 bits per heavy atom. The van der Waals surface area contributed by atoms with Crippen LogP contribution in [-0.2, 0) is 13.8 Å². The molecule has 12 heteroatoms. The third kappa shape index (κ3) is 3.66. The van der Waals surface area contributed by atoms with E-state index in [1.165, 1.54) is 12.3 Å². The van der Waals surface area contributed by atoms with E-state index in [4.69, 9.17) is 20.3 Å². The van der Waals surface area contributed by atoms with Crippen molar-refractivity contribution in [3.05, 3.63) is 22.7 Å². The van der Waals surface area contributed by atoms with E-state index in [-0.39, 0.29) is 5.82 Å². The first-order chi connectivity index (χ1) is 9.69. The average molecular weight is 324 g/mol. The van der Waals surface area contributed by atoms with Crippen molar-refractivity contribution in [1.29, 1.82) is 0 Å². The fraction of sp³-hybridized carbons (Fsp3) is 0.556. The maximum Gasteiger partial charge on any atom is 0.469 e. The summed E-state index contributed by atoms with van der Waals surface area (Å²) in [6.07, 6.45) is -4.27. The molecule has 0 unspecified atom stereocenters. The van der Waals surface area contributed by atoms with Gasteiger partial charge in [0.1, 0.15) is 24.1 Å². The van der Waals surface area contributed by atoms with Gasteiger partial charge < -0.3 is 30.5 Å². The maximum atomic E-state index is 11.6. The second-order valence-corrected chi connectivity index (χ2v) is 5.61. The number of phosphoric ester groups is 1. The largest absolute Gasteiger partial charge is 0.469 e. The summed E-state index contributed by atoms with van der Waals surface area (Å²) in [7, 11) is -4.74. The van der Waals surface area contributed by atoms with Gasteiger partial charge in [-0.15, -0.1) is 0 Å². The Kier molecular flexibility index (Phi) is 4.44. The number of ether oxygens (including phenoxy) is 1. The van der Waals surface area contributed by atoms with Crippen LogP contribution in [0.3, 0.4) is 0 Å². The molecule has 2 rings (SSSR count). The standard InChI is InChI=1S/C9H14N3O8P/c10-5-1-2-12(9(15)11-5)8-7(14)6(13)4(20-8)3-19-21(16,17)18/h1-2,4,6-8,13-14H,3H2,(H2,10,11,15)(H2,16,17,18)/t4-,6-,7-,8-/m1/s1/i10+1. The minimum atomic E-state index is -4.74. The predicted octanol–water partition coefficient (Wildman–Crippen LogP) is -2.45. The van der Waals surface area contributed by atoms with Gasteiger partial charge in [0.25, 0.3) is 0 Å². The fourth-order valence-corrected chi connectivity index (χ4v) is 2.23. The van der Waals surface area contributed by atoms with Crippen LogP contribution in [0.5, 0.6) is 0 Å². The van der Waals surface area contributed by atoms with Crippen molar-refractivity contribution in [2.24, 2.45) is 0 Å². The molecule has 0 radical (unpaired) electrons. The van der Waals surface area contributed by atoms with Crippen molar-refractivity contribution in [2.75, 3.05) is 12.3 Å². The number of hydrogen-bond acceptors (Lipinski definition) is 8. The van der Waals surface area contributed by atoms with Crippen LogP contribution in [0.15, 0.2) is 17.1 Å². The molecule has 1 fully saturated rings. The number of rotatable bonds is 4. The van der Waals surface area contributed by atoms with Gasteiger partial charge in [-0.25, -0.2) is 9.36 Å². The molecule has 0 spiro atoms. The summed E-state index contributed by atoms with van der Waals surface area (Å²) in [5.41, 5.74) is 4.52. The number of aliphatic hydroxyl groups is 2. The van der Waals surface area contributed by atoms with E-state index in [1.54, 1.807) is 0 Å². The lowest BCUT2D eigenvalue weighted by molar-refractivity contribution is -0.0542. The summed E-state index contributed by atoms with van der Waals surface area (Å²) in [5, 5.41) is 19.6. The highest BCUT2D eigenvalue weighted by Crippen LogP contribution is 2.38. The molecule has 1 aliphatic rings. The fourth-order valence-electron chi connectivity index (χ4n) is 1.89. The molecule has 2 heterocycles. The summed E-state index contributed by atoms with van der Waals surface area (Å²) in [6, 6.07) is 1.29. The third-order valence-corrected chi connectivity index (χ3v) is 3.36. The van der Waals surface area contributed by atoms with E-state index < -0.39 is 44.7 Å². The molecule has 1 saturated heterocycles. The number of aromatic nitrogens is 2. The monoisotopic (exact) mass is 324 g/mol. The predicted molar refractivity (Wildman–Crippen MR) is 66.8 cm³/mol. The Morgan fingerprint density at radius 2 is 2.10 bits per heavy atom. The van der Waals surface area contributed by atoms with Gasteiger partial charge in [-0.2, -0.15) is 4.98 Å². The van der Waals surface area contributed by atoms with Crippen molar-refractivity contribution < 1.29 is 33.8 Å². The molecule has 0 bridgehead atoms. The maximum absolute atomic E-state index is 11.6. The topological polar surface area (TPSA) is 177 Å². The number of phosphoric acid groups is 1. The van der Waals surface area contributed by atoms with E-state index in [2.05, 4.69) is 9.51 Å². The van der Waals surface area contributed by atoms with E-state index in [0.717, 1.165) is 4.57 Å². The lowest BCUT2D eigenvalue weighted by Crippen LogP contribution is -2.36.